The first-order chi connectivity index (χ1) is 16.0. The Morgan fingerprint density at radius 1 is 1.18 bits per heavy atom. The van der Waals surface area contributed by atoms with Crippen LogP contribution < -0.4 is 10.1 Å². The lowest BCUT2D eigenvalue weighted by atomic mass is 9.94. The van der Waals surface area contributed by atoms with Gasteiger partial charge in [-0.2, -0.15) is 0 Å². The number of nitrogens with zero attached hydrogens (tertiary/aromatic N) is 3. The van der Waals surface area contributed by atoms with Gasteiger partial charge in [0.05, 0.1) is 6.61 Å². The van der Waals surface area contributed by atoms with Gasteiger partial charge in [0.2, 0.25) is 5.91 Å². The molecule has 7 nitrogen and oxygen atoms in total. The van der Waals surface area contributed by atoms with Crippen molar-refractivity contribution in [1.82, 2.24) is 19.6 Å². The van der Waals surface area contributed by atoms with Crippen LogP contribution in [-0.4, -0.2) is 45.8 Å². The molecule has 1 unspecified atom stereocenters. The molecule has 3 aromatic rings. The summed E-state index contributed by atoms with van der Waals surface area (Å²) in [7, 11) is 0. The zero-order valence-corrected chi connectivity index (χ0v) is 19.0. The summed E-state index contributed by atoms with van der Waals surface area (Å²) in [6, 6.07) is 10.1. The van der Waals surface area contributed by atoms with Crippen molar-refractivity contribution in [1.29, 1.82) is 0 Å². The predicted octanol–water partition coefficient (Wildman–Crippen LogP) is 3.53. The van der Waals surface area contributed by atoms with Gasteiger partial charge in [0.25, 0.3) is 5.91 Å². The van der Waals surface area contributed by atoms with Gasteiger partial charge in [-0.25, -0.2) is 4.98 Å². The van der Waals surface area contributed by atoms with E-state index in [-0.39, 0.29) is 17.7 Å². The molecule has 0 radical (unpaired) electrons. The second-order valence-corrected chi connectivity index (χ2v) is 9.23. The smallest absolute Gasteiger partial charge is 0.274 e. The van der Waals surface area contributed by atoms with E-state index in [1.54, 1.807) is 6.20 Å². The fraction of sp³-hybridized carbons (Fsp3) is 0.423. The van der Waals surface area contributed by atoms with Crippen LogP contribution in [0, 0.1) is 12.8 Å². The zero-order chi connectivity index (χ0) is 22.8. The number of hydrogen-bond acceptors (Lipinski definition) is 4. The van der Waals surface area contributed by atoms with Crippen LogP contribution in [-0.2, 0) is 17.8 Å². The number of likely N-dealkylation sites (tertiary alicyclic amines) is 1. The number of ether oxygens (including phenoxy) is 1. The van der Waals surface area contributed by atoms with Gasteiger partial charge in [-0.15, -0.1) is 0 Å². The first-order valence-corrected chi connectivity index (χ1v) is 11.8. The van der Waals surface area contributed by atoms with E-state index >= 15 is 0 Å². The van der Waals surface area contributed by atoms with Gasteiger partial charge in [0, 0.05) is 38.4 Å². The van der Waals surface area contributed by atoms with Crippen molar-refractivity contribution in [3.8, 4) is 5.75 Å². The molecule has 1 aromatic carbocycles. The highest BCUT2D eigenvalue weighted by molar-refractivity contribution is 5.93. The summed E-state index contributed by atoms with van der Waals surface area (Å²) in [6.07, 6.45) is 8.12. The van der Waals surface area contributed by atoms with Crippen molar-refractivity contribution in [3.63, 3.8) is 0 Å². The third-order valence-electron chi connectivity index (χ3n) is 6.56. The molecule has 7 heteroatoms. The molecule has 0 spiro atoms. The highest BCUT2D eigenvalue weighted by atomic mass is 16.5. The number of piperidine rings is 1. The van der Waals surface area contributed by atoms with E-state index in [1.807, 2.05) is 46.7 Å². The summed E-state index contributed by atoms with van der Waals surface area (Å²) in [5.41, 5.74) is 4.66. The van der Waals surface area contributed by atoms with Gasteiger partial charge in [0.1, 0.15) is 17.1 Å². The average molecular weight is 447 g/mol. The number of benzene rings is 1. The maximum atomic E-state index is 13.1. The summed E-state index contributed by atoms with van der Waals surface area (Å²) in [5.74, 6) is 1.10. The van der Waals surface area contributed by atoms with Crippen molar-refractivity contribution >= 4 is 17.5 Å². The standard InChI is InChI=1S/C26H30N4O3/c1-18-6-9-24-28-22(17-30(24)15-18)26(32)29-10-2-4-20(16-29)13-25(31)27-14-19-7-8-23-21(12-19)5-3-11-33-23/h6-9,12,15,17,20H,2-5,10-11,13-14,16H2,1H3,(H,27,31). The number of amides is 2. The Morgan fingerprint density at radius 2 is 2.09 bits per heavy atom. The number of nitrogens with one attached hydrogen (secondary N) is 1. The Bertz CT molecular complexity index is 1190. The van der Waals surface area contributed by atoms with Gasteiger partial charge in [-0.1, -0.05) is 18.2 Å². The van der Waals surface area contributed by atoms with Gasteiger partial charge in [-0.05, 0) is 67.3 Å². The lowest BCUT2D eigenvalue weighted by molar-refractivity contribution is -0.122. The summed E-state index contributed by atoms with van der Waals surface area (Å²) < 4.78 is 7.56. The number of fused-ring (bicyclic) bond motifs is 2. The Hall–Kier alpha value is -3.35. The molecule has 2 amide bonds. The van der Waals surface area contributed by atoms with Crippen molar-refractivity contribution in [2.24, 2.45) is 5.92 Å². The molecule has 0 bridgehead atoms. The van der Waals surface area contributed by atoms with Crippen molar-refractivity contribution in [2.75, 3.05) is 19.7 Å². The quantitative estimate of drug-likeness (QED) is 0.651. The Kier molecular flexibility index (Phi) is 6.03. The third-order valence-corrected chi connectivity index (χ3v) is 6.56. The SMILES string of the molecule is Cc1ccc2nc(C(=O)N3CCCC(CC(=O)NCc4ccc5c(c4)CCCO5)C3)cn2c1. The van der Waals surface area contributed by atoms with E-state index in [1.165, 1.54) is 5.56 Å². The number of pyridine rings is 1. The number of aromatic nitrogens is 2. The first kappa shape index (κ1) is 21.5. The molecule has 1 fully saturated rings. The molecule has 1 saturated heterocycles. The van der Waals surface area contributed by atoms with E-state index in [9.17, 15) is 9.59 Å². The first-order valence-electron chi connectivity index (χ1n) is 11.8. The fourth-order valence-electron chi connectivity index (χ4n) is 4.84. The Labute approximate surface area is 193 Å². The monoisotopic (exact) mass is 446 g/mol. The highest BCUT2D eigenvalue weighted by Crippen LogP contribution is 2.26. The minimum absolute atomic E-state index is 0.0338. The normalized spacial score (nSPS) is 18.0. The summed E-state index contributed by atoms with van der Waals surface area (Å²) in [4.78, 5) is 32.0. The van der Waals surface area contributed by atoms with Crippen LogP contribution in [0.4, 0.5) is 0 Å². The van der Waals surface area contributed by atoms with Crippen molar-refractivity contribution in [3.05, 3.63) is 65.1 Å². The van der Waals surface area contributed by atoms with E-state index < -0.39 is 0 Å². The topological polar surface area (TPSA) is 75.9 Å². The number of hydrogen-bond donors (Lipinski definition) is 1. The molecule has 2 aliphatic heterocycles. The molecule has 0 aliphatic carbocycles. The molecule has 172 valence electrons. The van der Waals surface area contributed by atoms with Crippen LogP contribution in [0.3, 0.4) is 0 Å². The molecule has 2 aromatic heterocycles. The van der Waals surface area contributed by atoms with Crippen LogP contribution in [0.15, 0.2) is 42.7 Å². The molecular formula is C26H30N4O3. The molecule has 1 N–H and O–H groups in total. The maximum absolute atomic E-state index is 13.1. The molecule has 0 saturated carbocycles. The van der Waals surface area contributed by atoms with Crippen LogP contribution in [0.25, 0.3) is 5.65 Å². The fourth-order valence-corrected chi connectivity index (χ4v) is 4.84. The number of aryl methyl sites for hydroxylation is 2. The van der Waals surface area contributed by atoms with Gasteiger partial charge >= 0.3 is 0 Å². The van der Waals surface area contributed by atoms with E-state index in [0.717, 1.165) is 54.8 Å². The van der Waals surface area contributed by atoms with Crippen LogP contribution >= 0.6 is 0 Å². The molecule has 33 heavy (non-hydrogen) atoms. The summed E-state index contributed by atoms with van der Waals surface area (Å²) in [5, 5.41) is 3.05. The Morgan fingerprint density at radius 3 is 3.00 bits per heavy atom. The largest absolute Gasteiger partial charge is 0.493 e. The predicted molar refractivity (Wildman–Crippen MR) is 125 cm³/mol. The maximum Gasteiger partial charge on any atom is 0.274 e. The minimum atomic E-state index is -0.0576. The van der Waals surface area contributed by atoms with Crippen LogP contribution in [0.2, 0.25) is 0 Å². The molecule has 2 aliphatic rings. The highest BCUT2D eigenvalue weighted by Gasteiger charge is 2.27. The summed E-state index contributed by atoms with van der Waals surface area (Å²) in [6.45, 7) is 4.61. The second-order valence-electron chi connectivity index (χ2n) is 9.23. The Balaban J connectivity index is 1.15. The second kappa shape index (κ2) is 9.25. The van der Waals surface area contributed by atoms with Gasteiger partial charge in [-0.3, -0.25) is 9.59 Å². The minimum Gasteiger partial charge on any atom is -0.493 e. The van der Waals surface area contributed by atoms with Crippen LogP contribution in [0.1, 0.15) is 52.9 Å². The van der Waals surface area contributed by atoms with Gasteiger partial charge in [0.15, 0.2) is 0 Å². The lowest BCUT2D eigenvalue weighted by Gasteiger charge is -2.32. The number of rotatable bonds is 5. The number of carbonyl (C=O) groups is 2. The van der Waals surface area contributed by atoms with Crippen LogP contribution in [0.5, 0.6) is 5.75 Å². The molecular weight excluding hydrogens is 416 g/mol. The summed E-state index contributed by atoms with van der Waals surface area (Å²) >= 11 is 0. The van der Waals surface area contributed by atoms with Gasteiger partial charge < -0.3 is 19.4 Å². The lowest BCUT2D eigenvalue weighted by Crippen LogP contribution is -2.41. The number of carbonyl (C=O) groups excluding carboxylic acids is 2. The van der Waals surface area contributed by atoms with E-state index in [2.05, 4.69) is 16.4 Å². The number of imidazole rings is 1. The third kappa shape index (κ3) is 4.87. The molecule has 4 heterocycles. The molecule has 1 atom stereocenters. The molecule has 5 rings (SSSR count). The van der Waals surface area contributed by atoms with E-state index in [0.29, 0.717) is 31.7 Å². The average Bonchev–Trinajstić information content (AvgIpc) is 3.25. The van der Waals surface area contributed by atoms with Crippen molar-refractivity contribution in [2.45, 2.75) is 45.6 Å². The van der Waals surface area contributed by atoms with E-state index in [4.69, 9.17) is 4.74 Å². The zero-order valence-electron chi connectivity index (χ0n) is 19.0. The van der Waals surface area contributed by atoms with Crippen molar-refractivity contribution < 1.29 is 14.3 Å².